The highest BCUT2D eigenvalue weighted by Crippen LogP contribution is 2.25. The van der Waals surface area contributed by atoms with Crippen LogP contribution < -0.4 is 16.0 Å². The van der Waals surface area contributed by atoms with Crippen molar-refractivity contribution in [2.45, 2.75) is 51.7 Å². The van der Waals surface area contributed by atoms with E-state index in [2.05, 4.69) is 16.0 Å². The smallest absolute Gasteiger partial charge is 0.315 e. The Morgan fingerprint density at radius 2 is 1.85 bits per heavy atom. The van der Waals surface area contributed by atoms with Gasteiger partial charge in [-0.2, -0.15) is 0 Å². The number of carboxylic acid groups (broad SMARTS) is 1. The van der Waals surface area contributed by atoms with Gasteiger partial charge in [0.25, 0.3) is 0 Å². The van der Waals surface area contributed by atoms with E-state index in [0.29, 0.717) is 25.8 Å². The van der Waals surface area contributed by atoms with Crippen LogP contribution in [-0.2, 0) is 16.1 Å². The molecule has 0 radical (unpaired) electrons. The number of hydrogen-bond donors (Lipinski definition) is 4. The van der Waals surface area contributed by atoms with Crippen LogP contribution in [-0.4, -0.2) is 35.1 Å². The minimum atomic E-state index is -0.819. The fourth-order valence-electron chi connectivity index (χ4n) is 3.13. The summed E-state index contributed by atoms with van der Waals surface area (Å²) in [5, 5.41) is 17.4. The van der Waals surface area contributed by atoms with E-state index < -0.39 is 24.0 Å². The van der Waals surface area contributed by atoms with Crippen LogP contribution in [0, 0.1) is 11.8 Å². The molecule has 7 nitrogen and oxygen atoms in total. The number of amides is 3. The molecule has 1 aromatic rings. The molecule has 4 N–H and O–H groups in total. The number of nitrogens with one attached hydrogen (secondary N) is 3. The van der Waals surface area contributed by atoms with Crippen molar-refractivity contribution in [2.75, 3.05) is 0 Å². The standard InChI is InChI=1S/C19H27N3O4/c1-12(2)16(17(23)21-15-9-8-14(10-15)18(24)25)22-19(26)20-11-13-6-4-3-5-7-13/h3-7,12,14-16H,8-11H2,1-2H3,(H,21,23)(H,24,25)(H2,20,22,26)/t14-,15+,16?/m1/s1. The number of benzene rings is 1. The summed E-state index contributed by atoms with van der Waals surface area (Å²) in [5.41, 5.74) is 0.971. The molecule has 1 aromatic carbocycles. The van der Waals surface area contributed by atoms with Gasteiger partial charge < -0.3 is 21.1 Å². The van der Waals surface area contributed by atoms with Gasteiger partial charge in [-0.25, -0.2) is 4.79 Å². The zero-order valence-corrected chi connectivity index (χ0v) is 15.2. The molecule has 2 rings (SSSR count). The van der Waals surface area contributed by atoms with Crippen molar-refractivity contribution >= 4 is 17.9 Å². The number of hydrogen-bond acceptors (Lipinski definition) is 3. The number of carboxylic acids is 1. The molecule has 0 saturated heterocycles. The molecule has 0 aliphatic heterocycles. The van der Waals surface area contributed by atoms with Crippen LogP contribution in [0.4, 0.5) is 4.79 Å². The summed E-state index contributed by atoms with van der Waals surface area (Å²) in [5.74, 6) is -1.58. The predicted molar refractivity (Wildman–Crippen MR) is 97.3 cm³/mol. The Morgan fingerprint density at radius 1 is 1.15 bits per heavy atom. The second kappa shape index (κ2) is 9.22. The summed E-state index contributed by atoms with van der Waals surface area (Å²) in [6.45, 7) is 4.09. The average Bonchev–Trinajstić information content (AvgIpc) is 3.07. The van der Waals surface area contributed by atoms with Crippen LogP contribution in [0.5, 0.6) is 0 Å². The van der Waals surface area contributed by atoms with Crippen LogP contribution in [0.3, 0.4) is 0 Å². The summed E-state index contributed by atoms with van der Waals surface area (Å²) in [4.78, 5) is 35.7. The molecule has 3 atom stereocenters. The normalized spacial score (nSPS) is 20.4. The number of urea groups is 1. The van der Waals surface area contributed by atoms with Gasteiger partial charge >= 0.3 is 12.0 Å². The topological polar surface area (TPSA) is 108 Å². The molecular formula is C19H27N3O4. The lowest BCUT2D eigenvalue weighted by molar-refractivity contribution is -0.141. The molecule has 1 aliphatic rings. The Hall–Kier alpha value is -2.57. The zero-order chi connectivity index (χ0) is 19.1. The first kappa shape index (κ1) is 19.8. The first-order valence-electron chi connectivity index (χ1n) is 8.98. The van der Waals surface area contributed by atoms with Crippen LogP contribution >= 0.6 is 0 Å². The Kier molecular flexibility index (Phi) is 7.00. The fraction of sp³-hybridized carbons (Fsp3) is 0.526. The van der Waals surface area contributed by atoms with E-state index >= 15 is 0 Å². The van der Waals surface area contributed by atoms with Crippen molar-refractivity contribution in [1.82, 2.24) is 16.0 Å². The minimum Gasteiger partial charge on any atom is -0.481 e. The van der Waals surface area contributed by atoms with Crippen LogP contribution in [0.25, 0.3) is 0 Å². The molecule has 3 amide bonds. The molecule has 26 heavy (non-hydrogen) atoms. The molecule has 1 aliphatic carbocycles. The largest absolute Gasteiger partial charge is 0.481 e. The van der Waals surface area contributed by atoms with Crippen molar-refractivity contribution in [2.24, 2.45) is 11.8 Å². The van der Waals surface area contributed by atoms with E-state index in [0.717, 1.165) is 5.56 Å². The van der Waals surface area contributed by atoms with Gasteiger partial charge in [0.15, 0.2) is 0 Å². The van der Waals surface area contributed by atoms with Gasteiger partial charge in [0.05, 0.1) is 5.92 Å². The molecule has 1 unspecified atom stereocenters. The van der Waals surface area contributed by atoms with Gasteiger partial charge in [0, 0.05) is 12.6 Å². The lowest BCUT2D eigenvalue weighted by Gasteiger charge is -2.24. The maximum Gasteiger partial charge on any atom is 0.315 e. The molecule has 0 aromatic heterocycles. The predicted octanol–water partition coefficient (Wildman–Crippen LogP) is 1.88. The Morgan fingerprint density at radius 3 is 2.42 bits per heavy atom. The van der Waals surface area contributed by atoms with E-state index in [9.17, 15) is 14.4 Å². The molecule has 1 fully saturated rings. The van der Waals surface area contributed by atoms with Crippen LogP contribution in [0.1, 0.15) is 38.7 Å². The lowest BCUT2D eigenvalue weighted by atomic mass is 10.0. The number of carbonyl (C=O) groups excluding carboxylic acids is 2. The van der Waals surface area contributed by atoms with Crippen molar-refractivity contribution in [3.8, 4) is 0 Å². The molecule has 0 heterocycles. The third-order valence-corrected chi connectivity index (χ3v) is 4.66. The summed E-state index contributed by atoms with van der Waals surface area (Å²) >= 11 is 0. The van der Waals surface area contributed by atoms with Crippen LogP contribution in [0.15, 0.2) is 30.3 Å². The molecule has 0 spiro atoms. The minimum absolute atomic E-state index is 0.0888. The maximum absolute atomic E-state index is 12.5. The highest BCUT2D eigenvalue weighted by Gasteiger charge is 2.33. The summed E-state index contributed by atoms with van der Waals surface area (Å²) in [6, 6.07) is 8.28. The monoisotopic (exact) mass is 361 g/mol. The third kappa shape index (κ3) is 5.75. The van der Waals surface area contributed by atoms with Gasteiger partial charge in [-0.15, -0.1) is 0 Å². The molecule has 0 bridgehead atoms. The van der Waals surface area contributed by atoms with E-state index in [1.54, 1.807) is 0 Å². The van der Waals surface area contributed by atoms with Gasteiger partial charge in [0.1, 0.15) is 6.04 Å². The first-order valence-corrected chi connectivity index (χ1v) is 8.98. The van der Waals surface area contributed by atoms with E-state index in [-0.39, 0.29) is 17.9 Å². The summed E-state index contributed by atoms with van der Waals surface area (Å²) in [6.07, 6.45) is 1.65. The van der Waals surface area contributed by atoms with Crippen molar-refractivity contribution in [3.63, 3.8) is 0 Å². The summed E-state index contributed by atoms with van der Waals surface area (Å²) in [7, 11) is 0. The first-order chi connectivity index (χ1) is 12.4. The molecule has 1 saturated carbocycles. The van der Waals surface area contributed by atoms with Crippen molar-refractivity contribution in [3.05, 3.63) is 35.9 Å². The van der Waals surface area contributed by atoms with Gasteiger partial charge in [0.2, 0.25) is 5.91 Å². The second-order valence-electron chi connectivity index (χ2n) is 7.09. The van der Waals surface area contributed by atoms with Crippen molar-refractivity contribution < 1.29 is 19.5 Å². The van der Waals surface area contributed by atoms with Gasteiger partial charge in [-0.05, 0) is 30.7 Å². The molecule has 7 heteroatoms. The Balaban J connectivity index is 1.84. The van der Waals surface area contributed by atoms with E-state index in [4.69, 9.17) is 5.11 Å². The maximum atomic E-state index is 12.5. The Bertz CT molecular complexity index is 633. The Labute approximate surface area is 153 Å². The molecular weight excluding hydrogens is 334 g/mol. The second-order valence-corrected chi connectivity index (χ2v) is 7.09. The molecule has 142 valence electrons. The lowest BCUT2D eigenvalue weighted by Crippen LogP contribution is -2.54. The van der Waals surface area contributed by atoms with Gasteiger partial charge in [-0.1, -0.05) is 44.2 Å². The quantitative estimate of drug-likeness (QED) is 0.595. The highest BCUT2D eigenvalue weighted by molar-refractivity contribution is 5.87. The number of carbonyl (C=O) groups is 3. The zero-order valence-electron chi connectivity index (χ0n) is 15.2. The van der Waals surface area contributed by atoms with Crippen LogP contribution in [0.2, 0.25) is 0 Å². The summed E-state index contributed by atoms with van der Waals surface area (Å²) < 4.78 is 0. The highest BCUT2D eigenvalue weighted by atomic mass is 16.4. The third-order valence-electron chi connectivity index (χ3n) is 4.66. The van der Waals surface area contributed by atoms with E-state index in [1.807, 2.05) is 44.2 Å². The van der Waals surface area contributed by atoms with E-state index in [1.165, 1.54) is 0 Å². The van der Waals surface area contributed by atoms with Gasteiger partial charge in [-0.3, -0.25) is 9.59 Å². The SMILES string of the molecule is CC(C)C(NC(=O)NCc1ccccc1)C(=O)N[C@H]1CC[C@@H](C(=O)O)C1. The number of aliphatic carboxylic acids is 1. The number of rotatable bonds is 7. The van der Waals surface area contributed by atoms with Crippen molar-refractivity contribution in [1.29, 1.82) is 0 Å². The average molecular weight is 361 g/mol. The fourth-order valence-corrected chi connectivity index (χ4v) is 3.13.